The molecule has 1 heterocycles. The number of amides is 2. The summed E-state index contributed by atoms with van der Waals surface area (Å²) < 4.78 is 42.9. The van der Waals surface area contributed by atoms with E-state index in [-0.39, 0.29) is 17.7 Å². The SMILES string of the molecule is CN1C(=O)Nc2cc(CCl)c(F)cc2C1C#CC1CC1.FC(F)F. The first-order valence-corrected chi connectivity index (χ1v) is 7.72. The van der Waals surface area contributed by atoms with Crippen molar-refractivity contribution in [3.63, 3.8) is 0 Å². The van der Waals surface area contributed by atoms with E-state index in [0.29, 0.717) is 22.7 Å². The molecule has 1 aliphatic carbocycles. The first kappa shape index (κ1) is 18.4. The number of fused-ring (bicyclic) bond motifs is 1. The van der Waals surface area contributed by atoms with Crippen molar-refractivity contribution in [2.75, 3.05) is 12.4 Å². The van der Waals surface area contributed by atoms with Gasteiger partial charge in [-0.25, -0.2) is 9.18 Å². The third-order valence-electron chi connectivity index (χ3n) is 3.61. The van der Waals surface area contributed by atoms with Gasteiger partial charge in [0.1, 0.15) is 11.9 Å². The molecule has 0 saturated heterocycles. The van der Waals surface area contributed by atoms with Crippen LogP contribution in [0.4, 0.5) is 28.0 Å². The number of hydrogen-bond donors (Lipinski definition) is 1. The number of anilines is 1. The number of rotatable bonds is 1. The average Bonchev–Trinajstić information content (AvgIpc) is 3.32. The molecule has 130 valence electrons. The maximum Gasteiger partial charge on any atom is 0.379 e. The molecule has 24 heavy (non-hydrogen) atoms. The number of urea groups is 1. The number of carbonyl (C=O) groups excluding carboxylic acids is 1. The van der Waals surface area contributed by atoms with Crippen LogP contribution >= 0.6 is 11.6 Å². The number of halogens is 5. The molecule has 1 aromatic carbocycles. The molecule has 1 aromatic rings. The zero-order valence-electron chi connectivity index (χ0n) is 12.8. The van der Waals surface area contributed by atoms with E-state index in [1.54, 1.807) is 13.1 Å². The predicted molar refractivity (Wildman–Crippen MR) is 83.1 cm³/mol. The van der Waals surface area contributed by atoms with E-state index in [2.05, 4.69) is 17.2 Å². The third kappa shape index (κ3) is 4.54. The Kier molecular flexibility index (Phi) is 5.94. The first-order valence-electron chi connectivity index (χ1n) is 7.18. The molecule has 0 radical (unpaired) electrons. The lowest BCUT2D eigenvalue weighted by Gasteiger charge is -2.32. The van der Waals surface area contributed by atoms with Gasteiger partial charge in [0.15, 0.2) is 0 Å². The number of nitrogens with zero attached hydrogens (tertiary/aromatic N) is 1. The summed E-state index contributed by atoms with van der Waals surface area (Å²) in [6.45, 7) is -3.67. The summed E-state index contributed by atoms with van der Waals surface area (Å²) in [4.78, 5) is 13.4. The Hall–Kier alpha value is -1.94. The summed E-state index contributed by atoms with van der Waals surface area (Å²) in [6, 6.07) is 2.38. The van der Waals surface area contributed by atoms with Gasteiger partial charge in [-0.3, -0.25) is 0 Å². The minimum absolute atomic E-state index is 0.0727. The molecular formula is C16H15ClF4N2O. The van der Waals surface area contributed by atoms with Gasteiger partial charge >= 0.3 is 12.7 Å². The Morgan fingerprint density at radius 2 is 1.96 bits per heavy atom. The van der Waals surface area contributed by atoms with Gasteiger partial charge in [-0.1, -0.05) is 11.8 Å². The predicted octanol–water partition coefficient (Wildman–Crippen LogP) is 4.67. The molecule has 2 amide bonds. The highest BCUT2D eigenvalue weighted by atomic mass is 35.5. The number of carbonyl (C=O) groups is 1. The number of alkyl halides is 4. The zero-order chi connectivity index (χ0) is 17.9. The summed E-state index contributed by atoms with van der Waals surface area (Å²) in [6.07, 6.45) is 2.23. The van der Waals surface area contributed by atoms with Gasteiger partial charge < -0.3 is 10.2 Å². The largest absolute Gasteiger partial charge is 0.379 e. The van der Waals surface area contributed by atoms with Crippen molar-refractivity contribution in [2.24, 2.45) is 5.92 Å². The maximum absolute atomic E-state index is 13.9. The molecule has 0 aromatic heterocycles. The van der Waals surface area contributed by atoms with Crippen LogP contribution in [0.25, 0.3) is 0 Å². The van der Waals surface area contributed by atoms with Gasteiger partial charge in [0, 0.05) is 29.8 Å². The highest BCUT2D eigenvalue weighted by molar-refractivity contribution is 6.17. The van der Waals surface area contributed by atoms with Gasteiger partial charge in [-0.15, -0.1) is 11.6 Å². The first-order chi connectivity index (χ1) is 11.3. The highest BCUT2D eigenvalue weighted by Crippen LogP contribution is 2.35. The van der Waals surface area contributed by atoms with Crippen LogP contribution in [0.15, 0.2) is 12.1 Å². The van der Waals surface area contributed by atoms with E-state index in [9.17, 15) is 22.4 Å². The summed E-state index contributed by atoms with van der Waals surface area (Å²) >= 11 is 5.70. The maximum atomic E-state index is 13.9. The molecule has 1 N–H and O–H groups in total. The fourth-order valence-corrected chi connectivity index (χ4v) is 2.40. The molecule has 1 atom stereocenters. The molecule has 0 spiro atoms. The van der Waals surface area contributed by atoms with Crippen LogP contribution in [0.5, 0.6) is 0 Å². The minimum Gasteiger partial charge on any atom is -0.310 e. The summed E-state index contributed by atoms with van der Waals surface area (Å²) in [5.74, 6) is 6.39. The van der Waals surface area contributed by atoms with Gasteiger partial charge in [0.25, 0.3) is 0 Å². The highest BCUT2D eigenvalue weighted by Gasteiger charge is 2.30. The van der Waals surface area contributed by atoms with E-state index in [4.69, 9.17) is 11.6 Å². The molecule has 1 fully saturated rings. The smallest absolute Gasteiger partial charge is 0.310 e. The monoisotopic (exact) mass is 362 g/mol. The van der Waals surface area contributed by atoms with Crippen LogP contribution in [0.3, 0.4) is 0 Å². The lowest BCUT2D eigenvalue weighted by atomic mass is 9.99. The second-order valence-electron chi connectivity index (χ2n) is 5.42. The van der Waals surface area contributed by atoms with Crippen LogP contribution in [0.2, 0.25) is 0 Å². The van der Waals surface area contributed by atoms with Crippen LogP contribution in [-0.2, 0) is 5.88 Å². The molecule has 1 aliphatic heterocycles. The Bertz CT molecular complexity index is 680. The molecule has 2 aliphatic rings. The Balaban J connectivity index is 0.000000471. The van der Waals surface area contributed by atoms with Crippen LogP contribution < -0.4 is 5.32 Å². The zero-order valence-corrected chi connectivity index (χ0v) is 13.5. The van der Waals surface area contributed by atoms with Gasteiger partial charge in [0.2, 0.25) is 0 Å². The molecule has 0 bridgehead atoms. The third-order valence-corrected chi connectivity index (χ3v) is 3.90. The molecule has 3 rings (SSSR count). The number of nitrogens with one attached hydrogen (secondary N) is 1. The quantitative estimate of drug-likeness (QED) is 0.439. The molecule has 1 unspecified atom stereocenters. The van der Waals surface area contributed by atoms with Crippen LogP contribution in [0.1, 0.15) is 30.0 Å². The van der Waals surface area contributed by atoms with E-state index < -0.39 is 12.7 Å². The molecule has 1 saturated carbocycles. The summed E-state index contributed by atoms with van der Waals surface area (Å²) in [5, 5.41) is 2.74. The van der Waals surface area contributed by atoms with E-state index in [1.807, 2.05) is 0 Å². The van der Waals surface area contributed by atoms with E-state index in [1.165, 1.54) is 11.0 Å². The average molecular weight is 363 g/mol. The second-order valence-corrected chi connectivity index (χ2v) is 5.69. The second kappa shape index (κ2) is 7.75. The lowest BCUT2D eigenvalue weighted by molar-refractivity contribution is 0.00819. The van der Waals surface area contributed by atoms with E-state index >= 15 is 0 Å². The van der Waals surface area contributed by atoms with Gasteiger partial charge in [0.05, 0.1) is 5.88 Å². The molecular weight excluding hydrogens is 348 g/mol. The normalized spacial score (nSPS) is 18.9. The topological polar surface area (TPSA) is 32.3 Å². The van der Waals surface area contributed by atoms with Crippen molar-refractivity contribution in [1.29, 1.82) is 0 Å². The number of hydrogen-bond acceptors (Lipinski definition) is 1. The Labute approximate surface area is 142 Å². The lowest BCUT2D eigenvalue weighted by Crippen LogP contribution is -2.39. The number of benzene rings is 1. The van der Waals surface area contributed by atoms with Crippen molar-refractivity contribution < 1.29 is 22.4 Å². The Morgan fingerprint density at radius 1 is 1.33 bits per heavy atom. The standard InChI is InChI=1S/C15H14ClFN2O.CHF3/c1-19-14(5-4-9-2-3-9)11-7-12(17)10(8-16)6-13(11)18-15(19)20;2-1(3)4/h6-7,9,14H,2-3,8H2,1H3,(H,18,20);1H. The fraction of sp³-hybridized carbons (Fsp3) is 0.438. The minimum atomic E-state index is -3.67. The van der Waals surface area contributed by atoms with Crippen LogP contribution in [0, 0.1) is 23.6 Å². The van der Waals surface area contributed by atoms with Crippen LogP contribution in [-0.4, -0.2) is 24.7 Å². The van der Waals surface area contributed by atoms with Crippen molar-refractivity contribution in [1.82, 2.24) is 4.90 Å². The fourth-order valence-electron chi connectivity index (χ4n) is 2.20. The van der Waals surface area contributed by atoms with Crippen molar-refractivity contribution in [3.8, 4) is 11.8 Å². The summed E-state index contributed by atoms with van der Waals surface area (Å²) in [7, 11) is 1.66. The van der Waals surface area contributed by atoms with Crippen molar-refractivity contribution >= 4 is 23.3 Å². The van der Waals surface area contributed by atoms with Crippen molar-refractivity contribution in [2.45, 2.75) is 31.4 Å². The summed E-state index contributed by atoms with van der Waals surface area (Å²) in [5.41, 5.74) is 1.66. The van der Waals surface area contributed by atoms with Crippen molar-refractivity contribution in [3.05, 3.63) is 29.1 Å². The van der Waals surface area contributed by atoms with Gasteiger partial charge in [-0.2, -0.15) is 13.2 Å². The van der Waals surface area contributed by atoms with E-state index in [0.717, 1.165) is 12.8 Å². The Morgan fingerprint density at radius 3 is 2.50 bits per heavy atom. The molecule has 3 nitrogen and oxygen atoms in total. The molecule has 8 heteroatoms. The van der Waals surface area contributed by atoms with Gasteiger partial charge in [-0.05, 0) is 25.0 Å².